The topological polar surface area (TPSA) is 0 Å². The summed E-state index contributed by atoms with van der Waals surface area (Å²) in [6.45, 7) is 7.51. The van der Waals surface area contributed by atoms with Crippen molar-refractivity contribution in [1.29, 1.82) is 0 Å². The third-order valence-corrected chi connectivity index (χ3v) is 2.26. The van der Waals surface area contributed by atoms with E-state index in [0.29, 0.717) is 0 Å². The Bertz CT molecular complexity index is 328. The average Bonchev–Trinajstić information content (AvgIpc) is 2.41. The van der Waals surface area contributed by atoms with Crippen LogP contribution in [0.25, 0.3) is 0 Å². The van der Waals surface area contributed by atoms with Crippen LogP contribution in [0.1, 0.15) is 11.1 Å². The Labute approximate surface area is 118 Å². The van der Waals surface area contributed by atoms with Crippen LogP contribution in [0, 0.1) is 13.8 Å². The van der Waals surface area contributed by atoms with E-state index < -0.39 is 0 Å². The van der Waals surface area contributed by atoms with Gasteiger partial charge in [-0.3, -0.25) is 0 Å². The molecule has 0 unspecified atom stereocenters. The Hall–Kier alpha value is -0.937. The van der Waals surface area contributed by atoms with Crippen LogP contribution < -0.4 is 0 Å². The minimum Gasteiger partial charge on any atom is -0.339 e. The van der Waals surface area contributed by atoms with Gasteiger partial charge in [0.25, 0.3) is 0 Å². The van der Waals surface area contributed by atoms with E-state index in [1.807, 2.05) is 36.4 Å². The Morgan fingerprint density at radius 1 is 0.588 bits per heavy atom. The monoisotopic (exact) mass is 274 g/mol. The maximum absolute atomic E-state index is 3.76. The molecule has 0 aliphatic heterocycles. The van der Waals surface area contributed by atoms with Gasteiger partial charge in [0.15, 0.2) is 0 Å². The van der Waals surface area contributed by atoms with E-state index in [4.69, 9.17) is 0 Å². The zero-order valence-electron chi connectivity index (χ0n) is 10.3. The Morgan fingerprint density at radius 3 is 1.06 bits per heavy atom. The Morgan fingerprint density at radius 2 is 0.882 bits per heavy atom. The molecular weight excluding hydrogens is 258 g/mol. The molecule has 1 heteroatoms. The minimum absolute atomic E-state index is 0. The van der Waals surface area contributed by atoms with Crippen molar-refractivity contribution in [1.82, 2.24) is 0 Å². The maximum atomic E-state index is 3.76. The molecule has 0 nitrogen and oxygen atoms in total. The molecule has 0 fully saturated rings. The fourth-order valence-electron chi connectivity index (χ4n) is 1.29. The van der Waals surface area contributed by atoms with Crippen LogP contribution in [0.2, 0.25) is 0 Å². The van der Waals surface area contributed by atoms with Crippen LogP contribution in [0.3, 0.4) is 0 Å². The van der Waals surface area contributed by atoms with Gasteiger partial charge >= 0.3 is 19.5 Å². The molecule has 0 amide bonds. The van der Waals surface area contributed by atoms with E-state index >= 15 is 0 Å². The summed E-state index contributed by atoms with van der Waals surface area (Å²) >= 11 is 0. The summed E-state index contributed by atoms with van der Waals surface area (Å²) < 4.78 is 0. The number of hydrogen-bond acceptors (Lipinski definition) is 0. The number of benzene rings is 2. The van der Waals surface area contributed by atoms with E-state index in [9.17, 15) is 0 Å². The molecule has 2 aromatic carbocycles. The van der Waals surface area contributed by atoms with Crippen LogP contribution in [0.4, 0.5) is 0 Å². The van der Waals surface area contributed by atoms with Gasteiger partial charge in [0.1, 0.15) is 0 Å². The Kier molecular flexibility index (Phi) is 9.67. The number of rotatable bonds is 2. The molecule has 0 spiro atoms. The summed E-state index contributed by atoms with van der Waals surface area (Å²) in [5, 5.41) is 0. The zero-order valence-corrected chi connectivity index (χ0v) is 13.3. The van der Waals surface area contributed by atoms with Gasteiger partial charge in [-0.1, -0.05) is 71.8 Å². The molecule has 0 saturated heterocycles. The van der Waals surface area contributed by atoms with Gasteiger partial charge in [-0.2, -0.15) is 12.8 Å². The van der Waals surface area contributed by atoms with Gasteiger partial charge in [0, 0.05) is 0 Å². The van der Waals surface area contributed by atoms with Gasteiger partial charge in [0.2, 0.25) is 0 Å². The molecule has 84 valence electrons. The summed E-state index contributed by atoms with van der Waals surface area (Å²) in [7, 11) is 0. The summed E-state index contributed by atoms with van der Waals surface area (Å²) in [6, 6.07) is 20.4. The first-order valence-corrected chi connectivity index (χ1v) is 5.53. The van der Waals surface area contributed by atoms with Gasteiger partial charge in [0.05, 0.1) is 0 Å². The molecule has 0 aliphatic carbocycles. The van der Waals surface area contributed by atoms with Crippen molar-refractivity contribution >= 4 is 0 Å². The number of hydrogen-bond donors (Lipinski definition) is 0. The molecule has 0 N–H and O–H groups in total. The predicted molar refractivity (Wildman–Crippen MR) is 71.0 cm³/mol. The first-order chi connectivity index (χ1) is 7.86. The van der Waals surface area contributed by atoms with Gasteiger partial charge < -0.3 is 13.8 Å². The van der Waals surface area contributed by atoms with Crippen LogP contribution in [-0.2, 0) is 32.3 Å². The summed E-state index contributed by atoms with van der Waals surface area (Å²) in [4.78, 5) is 0. The standard InChI is InChI=1S/2C8H9.Zn/c2*1-2-8-6-4-3-5-7-8;/h2*3-7H,1-2H2;/q2*-1;+2. The molecule has 2 aromatic rings. The first-order valence-electron chi connectivity index (χ1n) is 5.53. The predicted octanol–water partition coefficient (Wildman–Crippen LogP) is 4.12. The van der Waals surface area contributed by atoms with Crippen LogP contribution >= 0.6 is 0 Å². The maximum Gasteiger partial charge on any atom is 2.00 e. The largest absolute Gasteiger partial charge is 2.00 e. The Balaban J connectivity index is 0.000000284. The van der Waals surface area contributed by atoms with Gasteiger partial charge in [-0.25, -0.2) is 0 Å². The molecule has 0 bridgehead atoms. The minimum atomic E-state index is 0. The second-order valence-electron chi connectivity index (χ2n) is 3.47. The molecule has 0 saturated carbocycles. The van der Waals surface area contributed by atoms with Crippen molar-refractivity contribution in [2.75, 3.05) is 0 Å². The molecule has 0 aliphatic rings. The summed E-state index contributed by atoms with van der Waals surface area (Å²) in [6.07, 6.45) is 1.78. The quantitative estimate of drug-likeness (QED) is 0.571. The SMILES string of the molecule is [CH2-]Cc1ccccc1.[CH2-]Cc1ccccc1.[Zn+2]. The normalized spacial score (nSPS) is 8.59. The molecule has 0 heterocycles. The van der Waals surface area contributed by atoms with Crippen molar-refractivity contribution < 1.29 is 19.5 Å². The molecule has 0 radical (unpaired) electrons. The van der Waals surface area contributed by atoms with E-state index in [0.717, 1.165) is 12.8 Å². The van der Waals surface area contributed by atoms with Crippen molar-refractivity contribution in [2.24, 2.45) is 0 Å². The van der Waals surface area contributed by atoms with E-state index in [-0.39, 0.29) is 19.5 Å². The summed E-state index contributed by atoms with van der Waals surface area (Å²) in [5.74, 6) is 0. The zero-order chi connectivity index (χ0) is 11.6. The third-order valence-electron chi connectivity index (χ3n) is 2.26. The molecule has 0 aromatic heterocycles. The van der Waals surface area contributed by atoms with E-state index in [2.05, 4.69) is 38.1 Å². The third kappa shape index (κ3) is 7.07. The molecule has 17 heavy (non-hydrogen) atoms. The van der Waals surface area contributed by atoms with Crippen molar-refractivity contribution in [2.45, 2.75) is 12.8 Å². The smallest absolute Gasteiger partial charge is 0.339 e. The van der Waals surface area contributed by atoms with Gasteiger partial charge in [-0.05, 0) is 0 Å². The average molecular weight is 276 g/mol. The molecule has 2 rings (SSSR count). The molecular formula is C16H18Zn. The van der Waals surface area contributed by atoms with Crippen LogP contribution in [0.15, 0.2) is 60.7 Å². The fourth-order valence-corrected chi connectivity index (χ4v) is 1.29. The van der Waals surface area contributed by atoms with Crippen molar-refractivity contribution in [3.05, 3.63) is 85.6 Å². The molecule has 0 atom stereocenters. The second kappa shape index (κ2) is 10.2. The van der Waals surface area contributed by atoms with Crippen LogP contribution in [0.5, 0.6) is 0 Å². The van der Waals surface area contributed by atoms with Gasteiger partial charge in [-0.15, -0.1) is 0 Å². The van der Waals surface area contributed by atoms with E-state index in [1.165, 1.54) is 11.1 Å². The van der Waals surface area contributed by atoms with E-state index in [1.54, 1.807) is 0 Å². The van der Waals surface area contributed by atoms with Crippen LogP contribution in [-0.4, -0.2) is 0 Å². The first kappa shape index (κ1) is 16.1. The summed E-state index contributed by atoms with van der Waals surface area (Å²) in [5.41, 5.74) is 2.60. The second-order valence-corrected chi connectivity index (χ2v) is 3.47. The van der Waals surface area contributed by atoms with Crippen molar-refractivity contribution in [3.8, 4) is 0 Å². The van der Waals surface area contributed by atoms with Crippen molar-refractivity contribution in [3.63, 3.8) is 0 Å². The fraction of sp³-hybridized carbons (Fsp3) is 0.125.